The summed E-state index contributed by atoms with van der Waals surface area (Å²) in [5.41, 5.74) is 0. The summed E-state index contributed by atoms with van der Waals surface area (Å²) in [4.78, 5) is 13.4. The number of nitrogens with zero attached hydrogens (tertiary/aromatic N) is 1. The number of sulfone groups is 1. The molecule has 0 spiro atoms. The molecule has 1 atom stereocenters. The SMILES string of the molecule is CCCCCNC(=O)N(CC)C(C)CS(C)(=O)=O. The molecule has 0 bridgehead atoms. The zero-order valence-electron chi connectivity index (χ0n) is 11.9. The van der Waals surface area contributed by atoms with Crippen LogP contribution in [0.4, 0.5) is 4.79 Å². The van der Waals surface area contributed by atoms with Crippen LogP contribution in [0, 0.1) is 0 Å². The van der Waals surface area contributed by atoms with E-state index in [9.17, 15) is 13.2 Å². The number of nitrogens with one attached hydrogen (secondary N) is 1. The summed E-state index contributed by atoms with van der Waals surface area (Å²) in [6, 6.07) is -0.471. The first-order chi connectivity index (χ1) is 8.31. The third kappa shape index (κ3) is 7.53. The number of urea groups is 1. The van der Waals surface area contributed by atoms with Crippen molar-refractivity contribution < 1.29 is 13.2 Å². The second-order valence-corrected chi connectivity index (χ2v) is 6.85. The van der Waals surface area contributed by atoms with Crippen molar-refractivity contribution in [3.05, 3.63) is 0 Å². The van der Waals surface area contributed by atoms with E-state index in [-0.39, 0.29) is 17.8 Å². The molecule has 0 aromatic rings. The third-order valence-corrected chi connectivity index (χ3v) is 3.82. The molecule has 0 fully saturated rings. The van der Waals surface area contributed by atoms with Crippen molar-refractivity contribution in [1.29, 1.82) is 0 Å². The molecule has 0 aromatic heterocycles. The Morgan fingerprint density at radius 3 is 2.33 bits per heavy atom. The van der Waals surface area contributed by atoms with Gasteiger partial charge in [0.2, 0.25) is 0 Å². The van der Waals surface area contributed by atoms with Crippen molar-refractivity contribution in [3.63, 3.8) is 0 Å². The molecule has 1 unspecified atom stereocenters. The zero-order valence-corrected chi connectivity index (χ0v) is 12.7. The number of amides is 2. The molecule has 1 N–H and O–H groups in total. The third-order valence-electron chi connectivity index (χ3n) is 2.73. The fourth-order valence-corrected chi connectivity index (χ4v) is 2.91. The van der Waals surface area contributed by atoms with E-state index in [0.717, 1.165) is 19.3 Å². The van der Waals surface area contributed by atoms with E-state index in [1.54, 1.807) is 11.8 Å². The van der Waals surface area contributed by atoms with Crippen LogP contribution in [0.25, 0.3) is 0 Å². The van der Waals surface area contributed by atoms with Crippen molar-refractivity contribution in [3.8, 4) is 0 Å². The van der Waals surface area contributed by atoms with Crippen LogP contribution < -0.4 is 5.32 Å². The van der Waals surface area contributed by atoms with E-state index in [1.807, 2.05) is 6.92 Å². The molecule has 18 heavy (non-hydrogen) atoms. The first kappa shape index (κ1) is 17.2. The lowest BCUT2D eigenvalue weighted by Crippen LogP contribution is -2.47. The monoisotopic (exact) mass is 278 g/mol. The lowest BCUT2D eigenvalue weighted by atomic mass is 10.2. The van der Waals surface area contributed by atoms with E-state index in [1.165, 1.54) is 6.26 Å². The highest BCUT2D eigenvalue weighted by Crippen LogP contribution is 2.03. The average molecular weight is 278 g/mol. The second-order valence-electron chi connectivity index (χ2n) is 4.67. The fourth-order valence-electron chi connectivity index (χ4n) is 1.86. The molecule has 0 saturated heterocycles. The normalized spacial score (nSPS) is 13.1. The molecule has 0 radical (unpaired) electrons. The molecule has 0 aliphatic carbocycles. The highest BCUT2D eigenvalue weighted by atomic mass is 32.2. The zero-order chi connectivity index (χ0) is 14.2. The van der Waals surface area contributed by atoms with Gasteiger partial charge in [-0.05, 0) is 20.3 Å². The maximum absolute atomic E-state index is 11.9. The molecular formula is C12H26N2O3S. The lowest BCUT2D eigenvalue weighted by molar-refractivity contribution is 0.187. The smallest absolute Gasteiger partial charge is 0.317 e. The highest BCUT2D eigenvalue weighted by Gasteiger charge is 2.21. The van der Waals surface area contributed by atoms with E-state index in [2.05, 4.69) is 12.2 Å². The minimum absolute atomic E-state index is 0.00319. The Hall–Kier alpha value is -0.780. The summed E-state index contributed by atoms with van der Waals surface area (Å²) in [5.74, 6) is 0.00319. The van der Waals surface area contributed by atoms with E-state index in [4.69, 9.17) is 0 Å². The Balaban J connectivity index is 4.26. The van der Waals surface area contributed by atoms with Crippen molar-refractivity contribution >= 4 is 15.9 Å². The molecule has 0 rings (SSSR count). The van der Waals surface area contributed by atoms with Crippen molar-refractivity contribution in [2.45, 2.75) is 46.1 Å². The van der Waals surface area contributed by atoms with Gasteiger partial charge in [0.05, 0.1) is 5.75 Å². The number of carbonyl (C=O) groups excluding carboxylic acids is 1. The van der Waals surface area contributed by atoms with E-state index < -0.39 is 9.84 Å². The number of hydrogen-bond donors (Lipinski definition) is 1. The Labute approximate surface area is 111 Å². The molecule has 0 aliphatic heterocycles. The maximum Gasteiger partial charge on any atom is 0.317 e. The summed E-state index contributed by atoms with van der Waals surface area (Å²) in [7, 11) is -3.06. The Bertz CT molecular complexity index is 341. The van der Waals surface area contributed by atoms with Crippen molar-refractivity contribution in [1.82, 2.24) is 10.2 Å². The minimum atomic E-state index is -3.06. The standard InChI is InChI=1S/C12H26N2O3S/c1-5-7-8-9-13-12(15)14(6-2)11(3)10-18(4,16)17/h11H,5-10H2,1-4H3,(H,13,15). The fraction of sp³-hybridized carbons (Fsp3) is 0.917. The first-order valence-corrected chi connectivity index (χ1v) is 8.60. The van der Waals surface area contributed by atoms with Crippen LogP contribution in [0.5, 0.6) is 0 Å². The predicted molar refractivity (Wildman–Crippen MR) is 74.5 cm³/mol. The van der Waals surface area contributed by atoms with E-state index in [0.29, 0.717) is 13.1 Å². The summed E-state index contributed by atoms with van der Waals surface area (Å²) in [6.45, 7) is 6.87. The number of carbonyl (C=O) groups is 1. The van der Waals surface area contributed by atoms with Crippen molar-refractivity contribution in [2.24, 2.45) is 0 Å². The van der Waals surface area contributed by atoms with Gasteiger partial charge in [-0.3, -0.25) is 0 Å². The summed E-state index contributed by atoms with van der Waals surface area (Å²) in [6.07, 6.45) is 4.35. The van der Waals surface area contributed by atoms with Crippen LogP contribution in [0.15, 0.2) is 0 Å². The number of hydrogen-bond acceptors (Lipinski definition) is 3. The molecule has 108 valence electrons. The van der Waals surface area contributed by atoms with Gasteiger partial charge in [0.25, 0.3) is 0 Å². The van der Waals surface area contributed by atoms with Crippen molar-refractivity contribution in [2.75, 3.05) is 25.1 Å². The topological polar surface area (TPSA) is 66.5 Å². The van der Waals surface area contributed by atoms with Gasteiger partial charge in [0.15, 0.2) is 0 Å². The average Bonchev–Trinajstić information content (AvgIpc) is 2.23. The van der Waals surface area contributed by atoms with Crippen LogP contribution in [0.2, 0.25) is 0 Å². The van der Waals surface area contributed by atoms with Crippen LogP contribution in [-0.4, -0.2) is 50.5 Å². The second kappa shape index (κ2) is 8.34. The molecule has 0 heterocycles. The maximum atomic E-state index is 11.9. The molecule has 0 aliphatic rings. The number of rotatable bonds is 8. The largest absolute Gasteiger partial charge is 0.338 e. The highest BCUT2D eigenvalue weighted by molar-refractivity contribution is 7.90. The predicted octanol–water partition coefficient (Wildman–Crippen LogP) is 1.64. The molecule has 0 aromatic carbocycles. The quantitative estimate of drug-likeness (QED) is 0.686. The van der Waals surface area contributed by atoms with Gasteiger partial charge in [-0.25, -0.2) is 13.2 Å². The van der Waals surface area contributed by atoms with Gasteiger partial charge < -0.3 is 10.2 Å². The summed E-state index contributed by atoms with van der Waals surface area (Å²) < 4.78 is 22.5. The van der Waals surface area contributed by atoms with Gasteiger partial charge in [-0.1, -0.05) is 19.8 Å². The summed E-state index contributed by atoms with van der Waals surface area (Å²) >= 11 is 0. The Morgan fingerprint density at radius 1 is 1.28 bits per heavy atom. The van der Waals surface area contributed by atoms with Gasteiger partial charge in [0.1, 0.15) is 9.84 Å². The van der Waals surface area contributed by atoms with Crippen LogP contribution in [-0.2, 0) is 9.84 Å². The summed E-state index contributed by atoms with van der Waals surface area (Å²) in [5, 5.41) is 2.83. The van der Waals surface area contributed by atoms with Crippen LogP contribution in [0.3, 0.4) is 0 Å². The van der Waals surface area contributed by atoms with Gasteiger partial charge in [-0.15, -0.1) is 0 Å². The van der Waals surface area contributed by atoms with E-state index >= 15 is 0 Å². The number of unbranched alkanes of at least 4 members (excludes halogenated alkanes) is 2. The lowest BCUT2D eigenvalue weighted by Gasteiger charge is -2.27. The minimum Gasteiger partial charge on any atom is -0.338 e. The van der Waals surface area contributed by atoms with Gasteiger partial charge in [-0.2, -0.15) is 0 Å². The molecular weight excluding hydrogens is 252 g/mol. The Kier molecular flexibility index (Phi) is 7.98. The molecule has 5 nitrogen and oxygen atoms in total. The Morgan fingerprint density at radius 2 is 1.89 bits per heavy atom. The van der Waals surface area contributed by atoms with Gasteiger partial charge in [0, 0.05) is 25.4 Å². The van der Waals surface area contributed by atoms with Crippen LogP contribution >= 0.6 is 0 Å². The van der Waals surface area contributed by atoms with Crippen LogP contribution in [0.1, 0.15) is 40.0 Å². The molecule has 2 amide bonds. The first-order valence-electron chi connectivity index (χ1n) is 6.54. The van der Waals surface area contributed by atoms with Gasteiger partial charge >= 0.3 is 6.03 Å². The molecule has 0 saturated carbocycles. The molecule has 6 heteroatoms.